The fourth-order valence-electron chi connectivity index (χ4n) is 2.67. The van der Waals surface area contributed by atoms with Crippen LogP contribution >= 0.6 is 0 Å². The van der Waals surface area contributed by atoms with Gasteiger partial charge in [0.2, 0.25) is 0 Å². The molecule has 0 atom stereocenters. The average molecular weight is 321 g/mol. The molecule has 2 rings (SSSR count). The molecule has 0 aliphatic carbocycles. The van der Waals surface area contributed by atoms with Crippen LogP contribution < -0.4 is 5.32 Å². The third kappa shape index (κ3) is 4.58. The van der Waals surface area contributed by atoms with Crippen molar-refractivity contribution < 1.29 is 13.2 Å². The normalized spacial score (nSPS) is 12.0. The van der Waals surface area contributed by atoms with E-state index < -0.39 is 11.7 Å². The van der Waals surface area contributed by atoms with E-state index in [9.17, 15) is 13.2 Å². The van der Waals surface area contributed by atoms with Gasteiger partial charge >= 0.3 is 6.18 Å². The predicted molar refractivity (Wildman–Crippen MR) is 88.2 cm³/mol. The molecule has 23 heavy (non-hydrogen) atoms. The number of halogens is 3. The van der Waals surface area contributed by atoms with Gasteiger partial charge in [0.25, 0.3) is 0 Å². The molecule has 1 nitrogen and oxygen atoms in total. The Kier molecular flexibility index (Phi) is 5.47. The largest absolute Gasteiger partial charge is 0.416 e. The van der Waals surface area contributed by atoms with Crippen LogP contribution in [-0.4, -0.2) is 7.05 Å². The topological polar surface area (TPSA) is 12.0 Å². The lowest BCUT2D eigenvalue weighted by molar-refractivity contribution is -0.138. The molecule has 2 aromatic rings. The van der Waals surface area contributed by atoms with E-state index in [1.165, 1.54) is 11.6 Å². The summed E-state index contributed by atoms with van der Waals surface area (Å²) in [5.74, 6) is 0.554. The minimum atomic E-state index is -4.35. The lowest BCUT2D eigenvalue weighted by Gasteiger charge is -2.15. The van der Waals surface area contributed by atoms with E-state index in [0.717, 1.165) is 12.0 Å². The molecule has 0 spiro atoms. The van der Waals surface area contributed by atoms with E-state index in [1.807, 2.05) is 24.3 Å². The fourth-order valence-corrected chi connectivity index (χ4v) is 2.67. The number of benzene rings is 2. The molecular weight excluding hydrogens is 299 g/mol. The van der Waals surface area contributed by atoms with Gasteiger partial charge in [-0.15, -0.1) is 0 Å². The summed E-state index contributed by atoms with van der Waals surface area (Å²) in [7, 11) is 1.64. The van der Waals surface area contributed by atoms with Crippen molar-refractivity contribution in [2.75, 3.05) is 7.05 Å². The summed E-state index contributed by atoms with van der Waals surface area (Å²) in [6, 6.07) is 12.3. The SMILES string of the molecule is CNCc1ccc(-c2ccc(CC(C)C)cc2)cc1C(F)(F)F. The first kappa shape index (κ1) is 17.5. The van der Waals surface area contributed by atoms with Crippen molar-refractivity contribution >= 4 is 0 Å². The van der Waals surface area contributed by atoms with Crippen molar-refractivity contribution in [2.24, 2.45) is 5.92 Å². The Balaban J connectivity index is 2.36. The van der Waals surface area contributed by atoms with E-state index in [0.29, 0.717) is 11.5 Å². The van der Waals surface area contributed by atoms with Crippen LogP contribution in [0.5, 0.6) is 0 Å². The molecule has 1 N–H and O–H groups in total. The number of rotatable bonds is 5. The van der Waals surface area contributed by atoms with E-state index in [2.05, 4.69) is 19.2 Å². The van der Waals surface area contributed by atoms with Crippen LogP contribution in [0.25, 0.3) is 11.1 Å². The summed E-state index contributed by atoms with van der Waals surface area (Å²) >= 11 is 0. The van der Waals surface area contributed by atoms with Gasteiger partial charge in [-0.05, 0) is 47.7 Å². The zero-order valence-electron chi connectivity index (χ0n) is 13.7. The van der Waals surface area contributed by atoms with Gasteiger partial charge in [0.05, 0.1) is 5.56 Å². The van der Waals surface area contributed by atoms with Gasteiger partial charge < -0.3 is 5.32 Å². The molecule has 0 aliphatic rings. The van der Waals surface area contributed by atoms with Crippen molar-refractivity contribution in [2.45, 2.75) is 33.0 Å². The van der Waals surface area contributed by atoms with Gasteiger partial charge in [-0.2, -0.15) is 13.2 Å². The van der Waals surface area contributed by atoms with E-state index in [4.69, 9.17) is 0 Å². The standard InChI is InChI=1S/C19H22F3N/c1-13(2)10-14-4-6-15(7-5-14)16-8-9-17(12-23-3)18(11-16)19(20,21)22/h4-9,11,13,23H,10,12H2,1-3H3. The monoisotopic (exact) mass is 321 g/mol. The van der Waals surface area contributed by atoms with Gasteiger partial charge in [-0.1, -0.05) is 50.2 Å². The van der Waals surface area contributed by atoms with Crippen LogP contribution in [-0.2, 0) is 19.1 Å². The number of hydrogen-bond donors (Lipinski definition) is 1. The zero-order chi connectivity index (χ0) is 17.0. The molecule has 0 unspecified atom stereocenters. The molecule has 0 saturated heterocycles. The lowest BCUT2D eigenvalue weighted by Crippen LogP contribution is -2.14. The summed E-state index contributed by atoms with van der Waals surface area (Å²) < 4.78 is 39.7. The maximum atomic E-state index is 13.2. The molecule has 0 radical (unpaired) electrons. The maximum Gasteiger partial charge on any atom is 0.416 e. The molecule has 4 heteroatoms. The molecule has 0 aromatic heterocycles. The fraction of sp³-hybridized carbons (Fsp3) is 0.368. The van der Waals surface area contributed by atoms with E-state index in [-0.39, 0.29) is 12.1 Å². The molecule has 0 saturated carbocycles. The second-order valence-electron chi connectivity index (χ2n) is 6.19. The maximum absolute atomic E-state index is 13.2. The first-order valence-electron chi connectivity index (χ1n) is 7.75. The summed E-state index contributed by atoms with van der Waals surface area (Å²) in [5, 5.41) is 2.78. The Bertz CT molecular complexity index is 643. The number of hydrogen-bond acceptors (Lipinski definition) is 1. The van der Waals surface area contributed by atoms with Crippen LogP contribution in [0.1, 0.15) is 30.5 Å². The van der Waals surface area contributed by atoms with Crippen molar-refractivity contribution in [3.63, 3.8) is 0 Å². The van der Waals surface area contributed by atoms with Crippen molar-refractivity contribution in [3.8, 4) is 11.1 Å². The van der Waals surface area contributed by atoms with Gasteiger partial charge in [0, 0.05) is 6.54 Å². The highest BCUT2D eigenvalue weighted by atomic mass is 19.4. The van der Waals surface area contributed by atoms with Crippen LogP contribution in [0.15, 0.2) is 42.5 Å². The Morgan fingerprint density at radius 3 is 2.09 bits per heavy atom. The highest BCUT2D eigenvalue weighted by Gasteiger charge is 2.33. The van der Waals surface area contributed by atoms with Crippen molar-refractivity contribution in [1.82, 2.24) is 5.32 Å². The van der Waals surface area contributed by atoms with Crippen molar-refractivity contribution in [3.05, 3.63) is 59.2 Å². The van der Waals surface area contributed by atoms with Gasteiger partial charge in [0.15, 0.2) is 0 Å². The molecule has 0 fully saturated rings. The summed E-state index contributed by atoms with van der Waals surface area (Å²) in [5.41, 5.74) is 2.29. The smallest absolute Gasteiger partial charge is 0.316 e. The summed E-state index contributed by atoms with van der Waals surface area (Å²) in [6.07, 6.45) is -3.38. The minimum Gasteiger partial charge on any atom is -0.316 e. The Morgan fingerprint density at radius 2 is 1.57 bits per heavy atom. The first-order chi connectivity index (χ1) is 10.8. The van der Waals surface area contributed by atoms with Gasteiger partial charge in [-0.25, -0.2) is 0 Å². The third-order valence-electron chi connectivity index (χ3n) is 3.71. The summed E-state index contributed by atoms with van der Waals surface area (Å²) in [4.78, 5) is 0. The first-order valence-corrected chi connectivity index (χ1v) is 7.75. The molecule has 0 aliphatic heterocycles. The Labute approximate surface area is 135 Å². The number of alkyl halides is 3. The lowest BCUT2D eigenvalue weighted by atomic mass is 9.96. The second-order valence-corrected chi connectivity index (χ2v) is 6.19. The Hall–Kier alpha value is -1.81. The summed E-state index contributed by atoms with van der Waals surface area (Å²) in [6.45, 7) is 4.48. The van der Waals surface area contributed by atoms with Crippen molar-refractivity contribution in [1.29, 1.82) is 0 Å². The molecule has 124 valence electrons. The molecular formula is C19H22F3N. The minimum absolute atomic E-state index is 0.197. The molecule has 0 bridgehead atoms. The zero-order valence-corrected chi connectivity index (χ0v) is 13.7. The Morgan fingerprint density at radius 1 is 0.957 bits per heavy atom. The van der Waals surface area contributed by atoms with E-state index in [1.54, 1.807) is 19.2 Å². The average Bonchev–Trinajstić information content (AvgIpc) is 2.47. The molecule has 2 aromatic carbocycles. The highest BCUT2D eigenvalue weighted by molar-refractivity contribution is 5.65. The van der Waals surface area contributed by atoms with Crippen LogP contribution in [0.2, 0.25) is 0 Å². The molecule has 0 amide bonds. The second kappa shape index (κ2) is 7.18. The van der Waals surface area contributed by atoms with Gasteiger partial charge in [0.1, 0.15) is 0 Å². The van der Waals surface area contributed by atoms with Crippen LogP contribution in [0.3, 0.4) is 0 Å². The van der Waals surface area contributed by atoms with E-state index >= 15 is 0 Å². The van der Waals surface area contributed by atoms with Crippen LogP contribution in [0, 0.1) is 5.92 Å². The quantitative estimate of drug-likeness (QED) is 0.789. The number of nitrogens with one attached hydrogen (secondary N) is 1. The van der Waals surface area contributed by atoms with Crippen LogP contribution in [0.4, 0.5) is 13.2 Å². The van der Waals surface area contributed by atoms with Gasteiger partial charge in [-0.3, -0.25) is 0 Å². The highest BCUT2D eigenvalue weighted by Crippen LogP contribution is 2.35. The predicted octanol–water partition coefficient (Wildman–Crippen LogP) is 5.29. The third-order valence-corrected chi connectivity index (χ3v) is 3.71. The molecule has 0 heterocycles.